The van der Waals surface area contributed by atoms with Gasteiger partial charge in [-0.15, -0.1) is 0 Å². The van der Waals surface area contributed by atoms with Crippen LogP contribution in [-0.4, -0.2) is 32.5 Å². The van der Waals surface area contributed by atoms with Crippen molar-refractivity contribution in [3.8, 4) is 5.75 Å². The third-order valence-electron chi connectivity index (χ3n) is 2.47. The van der Waals surface area contributed by atoms with Crippen LogP contribution in [0, 0.1) is 15.9 Å². The van der Waals surface area contributed by atoms with Gasteiger partial charge in [0.2, 0.25) is 0 Å². The molecule has 0 aliphatic carbocycles. The molecule has 0 spiro atoms. The highest BCUT2D eigenvalue weighted by Gasteiger charge is 2.14. The average Bonchev–Trinajstić information content (AvgIpc) is 2.87. The van der Waals surface area contributed by atoms with E-state index in [1.54, 1.807) is 0 Å². The number of aromatic nitrogens is 2. The predicted molar refractivity (Wildman–Crippen MR) is 66.8 cm³/mol. The molecule has 0 radical (unpaired) electrons. The van der Waals surface area contributed by atoms with Crippen LogP contribution in [0.3, 0.4) is 0 Å². The number of ether oxygens (including phenoxy) is 1. The van der Waals surface area contributed by atoms with Crippen LogP contribution in [0.1, 0.15) is 0 Å². The van der Waals surface area contributed by atoms with Crippen LogP contribution in [0.5, 0.6) is 5.75 Å². The van der Waals surface area contributed by atoms with E-state index in [4.69, 9.17) is 4.74 Å². The third kappa shape index (κ3) is 3.75. The van der Waals surface area contributed by atoms with E-state index in [0.29, 0.717) is 5.75 Å². The van der Waals surface area contributed by atoms with Gasteiger partial charge in [0.25, 0.3) is 0 Å². The van der Waals surface area contributed by atoms with Crippen LogP contribution in [0.15, 0.2) is 36.5 Å². The van der Waals surface area contributed by atoms with Crippen molar-refractivity contribution in [1.82, 2.24) is 9.78 Å². The van der Waals surface area contributed by atoms with Crippen molar-refractivity contribution >= 4 is 5.82 Å². The highest BCUT2D eigenvalue weighted by atomic mass is 19.1. The number of rotatable bonds is 6. The van der Waals surface area contributed by atoms with E-state index in [2.05, 4.69) is 5.10 Å². The molecule has 2 rings (SSSR count). The quantitative estimate of drug-likeness (QED) is 0.638. The van der Waals surface area contributed by atoms with Crippen LogP contribution >= 0.6 is 0 Å². The Bertz CT molecular complexity index is 585. The smallest absolute Gasteiger partial charge is 0.389 e. The molecule has 106 valence electrons. The Morgan fingerprint density at radius 1 is 1.40 bits per heavy atom. The molecular formula is C12H12FN3O4. The number of nitro groups is 1. The molecule has 2 aromatic rings. The van der Waals surface area contributed by atoms with E-state index in [1.165, 1.54) is 41.2 Å². The van der Waals surface area contributed by atoms with Crippen molar-refractivity contribution in [1.29, 1.82) is 0 Å². The van der Waals surface area contributed by atoms with Gasteiger partial charge in [-0.3, -0.25) is 0 Å². The maximum absolute atomic E-state index is 12.7. The number of halogens is 1. The van der Waals surface area contributed by atoms with Crippen LogP contribution in [-0.2, 0) is 6.54 Å². The summed E-state index contributed by atoms with van der Waals surface area (Å²) in [6.07, 6.45) is 0.513. The molecule has 0 bridgehead atoms. The second-order valence-electron chi connectivity index (χ2n) is 4.07. The molecule has 0 amide bonds. The normalized spacial score (nSPS) is 12.1. The lowest BCUT2D eigenvalue weighted by Crippen LogP contribution is -2.23. The molecule has 20 heavy (non-hydrogen) atoms. The molecule has 1 aromatic heterocycles. The van der Waals surface area contributed by atoms with Gasteiger partial charge in [0.1, 0.15) is 24.3 Å². The summed E-state index contributed by atoms with van der Waals surface area (Å²) in [6, 6.07) is 6.63. The molecule has 0 aliphatic heterocycles. The highest BCUT2D eigenvalue weighted by molar-refractivity contribution is 5.22. The predicted octanol–water partition coefficient (Wildman–Crippen LogP) is 1.37. The van der Waals surface area contributed by atoms with Gasteiger partial charge in [0.05, 0.1) is 23.9 Å². The van der Waals surface area contributed by atoms with E-state index >= 15 is 0 Å². The molecule has 7 nitrogen and oxygen atoms in total. The first-order valence-electron chi connectivity index (χ1n) is 5.79. The number of hydrogen-bond donors (Lipinski definition) is 1. The minimum Gasteiger partial charge on any atom is -0.491 e. The van der Waals surface area contributed by atoms with Gasteiger partial charge in [0.15, 0.2) is 0 Å². The van der Waals surface area contributed by atoms with E-state index in [-0.39, 0.29) is 24.8 Å². The summed E-state index contributed by atoms with van der Waals surface area (Å²) in [5.74, 6) is -0.227. The number of aliphatic hydroxyl groups is 1. The lowest BCUT2D eigenvalue weighted by atomic mass is 10.3. The van der Waals surface area contributed by atoms with E-state index in [9.17, 15) is 19.6 Å². The molecule has 0 fully saturated rings. The minimum absolute atomic E-state index is 0.0285. The number of aliphatic hydroxyl groups excluding tert-OH is 1. The fourth-order valence-electron chi connectivity index (χ4n) is 1.54. The van der Waals surface area contributed by atoms with Gasteiger partial charge in [-0.1, -0.05) is 0 Å². The Morgan fingerprint density at radius 3 is 2.70 bits per heavy atom. The Kier molecular flexibility index (Phi) is 4.26. The summed E-state index contributed by atoms with van der Waals surface area (Å²) < 4.78 is 19.2. The molecule has 1 heterocycles. The van der Waals surface area contributed by atoms with Gasteiger partial charge in [-0.05, 0) is 29.2 Å². The number of nitrogens with zero attached hydrogens (tertiary/aromatic N) is 3. The van der Waals surface area contributed by atoms with E-state index in [1.807, 2.05) is 0 Å². The summed E-state index contributed by atoms with van der Waals surface area (Å²) >= 11 is 0. The zero-order valence-electron chi connectivity index (χ0n) is 10.3. The van der Waals surface area contributed by atoms with Crippen LogP contribution in [0.4, 0.5) is 10.2 Å². The Morgan fingerprint density at radius 2 is 2.10 bits per heavy atom. The maximum Gasteiger partial charge on any atom is 0.389 e. The first-order valence-corrected chi connectivity index (χ1v) is 5.79. The highest BCUT2D eigenvalue weighted by Crippen LogP contribution is 2.12. The Hall–Kier alpha value is -2.48. The average molecular weight is 281 g/mol. The van der Waals surface area contributed by atoms with E-state index in [0.717, 1.165) is 0 Å². The lowest BCUT2D eigenvalue weighted by Gasteiger charge is -2.10. The zero-order chi connectivity index (χ0) is 14.5. The summed E-state index contributed by atoms with van der Waals surface area (Å²) in [5, 5.41) is 23.9. The van der Waals surface area contributed by atoms with Crippen LogP contribution in [0.2, 0.25) is 0 Å². The summed E-state index contributed by atoms with van der Waals surface area (Å²) in [6.45, 7) is 0.0360. The fourth-order valence-corrected chi connectivity index (χ4v) is 1.54. The van der Waals surface area contributed by atoms with Crippen molar-refractivity contribution in [3.05, 3.63) is 52.5 Å². The van der Waals surface area contributed by atoms with Crippen molar-refractivity contribution in [2.75, 3.05) is 6.61 Å². The zero-order valence-corrected chi connectivity index (χ0v) is 10.3. The SMILES string of the molecule is O=[N+]([O-])c1ccn(CC(O)COc2ccc(F)cc2)n1. The Labute approximate surface area is 113 Å². The number of benzene rings is 1. The standard InChI is InChI=1S/C12H12FN3O4/c13-9-1-3-11(4-2-9)20-8-10(17)7-15-6-5-12(14-15)16(18)19/h1-6,10,17H,7-8H2. The minimum atomic E-state index is -0.889. The van der Waals surface area contributed by atoms with Crippen molar-refractivity contribution in [3.63, 3.8) is 0 Å². The fraction of sp³-hybridized carbons (Fsp3) is 0.250. The number of hydrogen-bond acceptors (Lipinski definition) is 5. The van der Waals surface area contributed by atoms with Crippen molar-refractivity contribution in [2.45, 2.75) is 12.6 Å². The third-order valence-corrected chi connectivity index (χ3v) is 2.47. The van der Waals surface area contributed by atoms with Crippen molar-refractivity contribution < 1.29 is 19.2 Å². The molecule has 1 N–H and O–H groups in total. The summed E-state index contributed by atoms with van der Waals surface area (Å²) in [4.78, 5) is 9.84. The molecular weight excluding hydrogens is 269 g/mol. The van der Waals surface area contributed by atoms with Crippen LogP contribution in [0.25, 0.3) is 0 Å². The first kappa shape index (κ1) is 13.9. The van der Waals surface area contributed by atoms with Gasteiger partial charge in [-0.25, -0.2) is 4.39 Å². The van der Waals surface area contributed by atoms with Crippen LogP contribution < -0.4 is 4.74 Å². The molecule has 1 unspecified atom stereocenters. The molecule has 0 aliphatic rings. The van der Waals surface area contributed by atoms with Gasteiger partial charge < -0.3 is 20.0 Å². The summed E-state index contributed by atoms with van der Waals surface area (Å²) in [7, 11) is 0. The molecule has 1 aromatic carbocycles. The second-order valence-corrected chi connectivity index (χ2v) is 4.07. The lowest BCUT2D eigenvalue weighted by molar-refractivity contribution is -0.389. The first-order chi connectivity index (χ1) is 9.54. The second kappa shape index (κ2) is 6.11. The van der Waals surface area contributed by atoms with E-state index < -0.39 is 11.0 Å². The van der Waals surface area contributed by atoms with Gasteiger partial charge in [-0.2, -0.15) is 4.68 Å². The largest absolute Gasteiger partial charge is 0.491 e. The summed E-state index contributed by atoms with van der Waals surface area (Å²) in [5.41, 5.74) is 0. The topological polar surface area (TPSA) is 90.4 Å². The van der Waals surface area contributed by atoms with Crippen molar-refractivity contribution in [2.24, 2.45) is 0 Å². The molecule has 8 heteroatoms. The monoisotopic (exact) mass is 281 g/mol. The van der Waals surface area contributed by atoms with Gasteiger partial charge in [0, 0.05) is 0 Å². The van der Waals surface area contributed by atoms with Gasteiger partial charge >= 0.3 is 5.82 Å². The molecule has 0 saturated carbocycles. The maximum atomic E-state index is 12.7. The molecule has 1 atom stereocenters. The Balaban J connectivity index is 1.84. The molecule has 0 saturated heterocycles.